The highest BCUT2D eigenvalue weighted by Crippen LogP contribution is 2.18. The summed E-state index contributed by atoms with van der Waals surface area (Å²) >= 11 is 5.70. The molecule has 136 valence electrons. The number of ether oxygens (including phenoxy) is 1. The molecule has 0 N–H and O–H groups in total. The maximum atomic E-state index is 6.17. The van der Waals surface area contributed by atoms with E-state index < -0.39 is 16.6 Å². The van der Waals surface area contributed by atoms with Crippen LogP contribution in [-0.4, -0.2) is 29.6 Å². The summed E-state index contributed by atoms with van der Waals surface area (Å²) in [7, 11) is -1.72. The van der Waals surface area contributed by atoms with Crippen molar-refractivity contribution in [2.24, 2.45) is 0 Å². The molecule has 0 atom stereocenters. The molecule has 0 amide bonds. The highest BCUT2D eigenvalue weighted by molar-refractivity contribution is 6.70. The molecule has 23 heavy (non-hydrogen) atoms. The first-order valence-electron chi connectivity index (χ1n) is 8.47. The standard InChI is InChI=1S/C17H35ClO3Si2/c1-19-17(21-23(5,6)7)15-16(20-22(2,3)4)13-11-9-8-10-12-14-18/h13,15H,8-12,14H2,1-7H3. The molecule has 0 saturated carbocycles. The van der Waals surface area contributed by atoms with Gasteiger partial charge in [0, 0.05) is 5.88 Å². The minimum absolute atomic E-state index is 0.552. The Labute approximate surface area is 150 Å². The molecule has 0 bridgehead atoms. The van der Waals surface area contributed by atoms with Gasteiger partial charge in [0.05, 0.1) is 13.2 Å². The van der Waals surface area contributed by atoms with Gasteiger partial charge in [0.15, 0.2) is 0 Å². The van der Waals surface area contributed by atoms with Crippen molar-refractivity contribution in [2.45, 2.75) is 71.4 Å². The first-order valence-corrected chi connectivity index (χ1v) is 15.8. The number of unbranched alkanes of at least 4 members (excludes halogenated alkanes) is 4. The number of allylic oxidation sites excluding steroid dienone is 2. The average Bonchev–Trinajstić information content (AvgIpc) is 2.38. The fourth-order valence-corrected chi connectivity index (χ4v) is 3.65. The molecule has 0 rings (SSSR count). The molecule has 0 aromatic heterocycles. The molecular formula is C17H35ClO3Si2. The van der Waals surface area contributed by atoms with Crippen LogP contribution in [0.1, 0.15) is 32.1 Å². The third kappa shape index (κ3) is 14.9. The van der Waals surface area contributed by atoms with Crippen molar-refractivity contribution in [1.29, 1.82) is 0 Å². The van der Waals surface area contributed by atoms with E-state index in [9.17, 15) is 0 Å². The van der Waals surface area contributed by atoms with Crippen molar-refractivity contribution in [3.63, 3.8) is 0 Å². The molecule has 0 spiro atoms. The third-order valence-electron chi connectivity index (χ3n) is 2.73. The first kappa shape index (κ1) is 22.6. The van der Waals surface area contributed by atoms with E-state index >= 15 is 0 Å². The van der Waals surface area contributed by atoms with Crippen LogP contribution in [0.3, 0.4) is 0 Å². The quantitative estimate of drug-likeness (QED) is 0.132. The lowest BCUT2D eigenvalue weighted by Crippen LogP contribution is -2.26. The summed E-state index contributed by atoms with van der Waals surface area (Å²) in [5.41, 5.74) is 0. The van der Waals surface area contributed by atoms with Gasteiger partial charge in [-0.15, -0.1) is 11.6 Å². The Hall–Kier alpha value is -0.396. The predicted molar refractivity (Wildman–Crippen MR) is 106 cm³/mol. The first-order chi connectivity index (χ1) is 10.6. The van der Waals surface area contributed by atoms with Crippen LogP contribution in [0.4, 0.5) is 0 Å². The third-order valence-corrected chi connectivity index (χ3v) is 4.65. The number of hydrogen-bond acceptors (Lipinski definition) is 3. The fraction of sp³-hybridized carbons (Fsp3) is 0.765. The Bertz CT molecular complexity index is 382. The molecule has 0 aliphatic heterocycles. The van der Waals surface area contributed by atoms with E-state index in [2.05, 4.69) is 45.4 Å². The molecular weight excluding hydrogens is 344 g/mol. The molecule has 0 heterocycles. The van der Waals surface area contributed by atoms with Crippen LogP contribution in [0.2, 0.25) is 39.3 Å². The Morgan fingerprint density at radius 1 is 0.870 bits per heavy atom. The van der Waals surface area contributed by atoms with Crippen molar-refractivity contribution in [1.82, 2.24) is 0 Å². The Morgan fingerprint density at radius 2 is 1.43 bits per heavy atom. The molecule has 0 fully saturated rings. The fourth-order valence-electron chi connectivity index (χ4n) is 1.87. The summed E-state index contributed by atoms with van der Waals surface area (Å²) in [6.45, 7) is 13.0. The van der Waals surface area contributed by atoms with Crippen LogP contribution >= 0.6 is 11.6 Å². The second-order valence-electron chi connectivity index (χ2n) is 7.59. The summed E-state index contributed by atoms with van der Waals surface area (Å²) in [5.74, 6) is 2.18. The summed E-state index contributed by atoms with van der Waals surface area (Å²) in [6.07, 6.45) is 9.71. The summed E-state index contributed by atoms with van der Waals surface area (Å²) < 4.78 is 17.5. The maximum Gasteiger partial charge on any atom is 0.268 e. The normalized spacial score (nSPS) is 13.9. The summed E-state index contributed by atoms with van der Waals surface area (Å²) in [5, 5.41) is 0. The van der Waals surface area contributed by atoms with Gasteiger partial charge in [0.25, 0.3) is 5.95 Å². The van der Waals surface area contributed by atoms with Gasteiger partial charge in [-0.25, -0.2) is 0 Å². The van der Waals surface area contributed by atoms with Crippen LogP contribution in [0, 0.1) is 0 Å². The van der Waals surface area contributed by atoms with Gasteiger partial charge in [0.1, 0.15) is 5.76 Å². The van der Waals surface area contributed by atoms with E-state index in [1.54, 1.807) is 7.11 Å². The molecule has 0 aromatic carbocycles. The van der Waals surface area contributed by atoms with Gasteiger partial charge in [-0.05, 0) is 64.6 Å². The lowest BCUT2D eigenvalue weighted by atomic mass is 10.1. The number of halogens is 1. The topological polar surface area (TPSA) is 27.7 Å². The predicted octanol–water partition coefficient (Wildman–Crippen LogP) is 6.25. The van der Waals surface area contributed by atoms with Crippen molar-refractivity contribution in [3.05, 3.63) is 23.9 Å². The molecule has 0 unspecified atom stereocenters. The molecule has 0 aromatic rings. The van der Waals surface area contributed by atoms with Crippen LogP contribution in [0.15, 0.2) is 23.9 Å². The number of rotatable bonds is 12. The lowest BCUT2D eigenvalue weighted by molar-refractivity contribution is 0.145. The van der Waals surface area contributed by atoms with Gasteiger partial charge in [0.2, 0.25) is 16.6 Å². The Morgan fingerprint density at radius 3 is 1.91 bits per heavy atom. The second kappa shape index (κ2) is 11.2. The van der Waals surface area contributed by atoms with Gasteiger partial charge in [-0.3, -0.25) is 0 Å². The maximum absolute atomic E-state index is 6.17. The zero-order valence-corrected chi connectivity index (χ0v) is 18.8. The smallest absolute Gasteiger partial charge is 0.268 e. The van der Waals surface area contributed by atoms with E-state index in [1.807, 2.05) is 6.08 Å². The van der Waals surface area contributed by atoms with Gasteiger partial charge in [-0.2, -0.15) is 0 Å². The lowest BCUT2D eigenvalue weighted by Gasteiger charge is -2.23. The van der Waals surface area contributed by atoms with Crippen LogP contribution in [0.25, 0.3) is 0 Å². The highest BCUT2D eigenvalue weighted by Gasteiger charge is 2.21. The van der Waals surface area contributed by atoms with Crippen molar-refractivity contribution < 1.29 is 13.6 Å². The minimum Gasteiger partial charge on any atom is -0.544 e. The number of hydrogen-bond donors (Lipinski definition) is 0. The molecule has 0 radical (unpaired) electrons. The molecule has 0 aliphatic carbocycles. The SMILES string of the molecule is COC(=CC(=CCCCCCCCl)O[Si](C)(C)C)O[Si](C)(C)C. The number of alkyl halides is 1. The Balaban J connectivity index is 4.84. The van der Waals surface area contributed by atoms with E-state index in [1.165, 1.54) is 12.8 Å². The highest BCUT2D eigenvalue weighted by atomic mass is 35.5. The Kier molecular flexibility index (Phi) is 11.0. The largest absolute Gasteiger partial charge is 0.544 e. The van der Waals surface area contributed by atoms with Crippen LogP contribution in [0.5, 0.6) is 0 Å². The van der Waals surface area contributed by atoms with E-state index in [0.717, 1.165) is 30.9 Å². The summed E-state index contributed by atoms with van der Waals surface area (Å²) in [4.78, 5) is 0. The number of methoxy groups -OCH3 is 1. The minimum atomic E-state index is -1.70. The summed E-state index contributed by atoms with van der Waals surface area (Å²) in [6, 6.07) is 0. The molecule has 0 aliphatic rings. The average molecular weight is 379 g/mol. The zero-order chi connectivity index (χ0) is 17.9. The van der Waals surface area contributed by atoms with E-state index in [-0.39, 0.29) is 0 Å². The van der Waals surface area contributed by atoms with Crippen molar-refractivity contribution >= 4 is 28.2 Å². The molecule has 0 saturated heterocycles. The molecule has 3 nitrogen and oxygen atoms in total. The van der Waals surface area contributed by atoms with E-state index in [4.69, 9.17) is 25.2 Å². The monoisotopic (exact) mass is 378 g/mol. The van der Waals surface area contributed by atoms with E-state index in [0.29, 0.717) is 5.95 Å². The zero-order valence-electron chi connectivity index (χ0n) is 16.0. The van der Waals surface area contributed by atoms with Gasteiger partial charge in [-0.1, -0.05) is 12.8 Å². The van der Waals surface area contributed by atoms with Crippen molar-refractivity contribution in [2.75, 3.05) is 13.0 Å². The second-order valence-corrected chi connectivity index (χ2v) is 16.8. The van der Waals surface area contributed by atoms with Gasteiger partial charge >= 0.3 is 0 Å². The van der Waals surface area contributed by atoms with Crippen LogP contribution < -0.4 is 0 Å². The van der Waals surface area contributed by atoms with Gasteiger partial charge < -0.3 is 13.6 Å². The van der Waals surface area contributed by atoms with Crippen molar-refractivity contribution in [3.8, 4) is 0 Å². The van der Waals surface area contributed by atoms with Crippen LogP contribution in [-0.2, 0) is 13.6 Å². The molecule has 6 heteroatoms.